The molecule has 1 N–H and O–H groups in total. The fourth-order valence-electron chi connectivity index (χ4n) is 1.29. The van der Waals surface area contributed by atoms with Crippen LogP contribution in [0.25, 0.3) is 0 Å². The number of aliphatic hydroxyl groups is 1. The molecule has 0 aromatic carbocycles. The lowest BCUT2D eigenvalue weighted by atomic mass is 9.89. The molecule has 54 valence electrons. The molecule has 0 spiro atoms. The molecule has 2 rings (SSSR count). The maximum absolute atomic E-state index is 8.98. The lowest BCUT2D eigenvalue weighted by Gasteiger charge is -2.32. The Morgan fingerprint density at radius 1 is 1.50 bits per heavy atom. The van der Waals surface area contributed by atoms with Gasteiger partial charge in [0.1, 0.15) is 0 Å². The Hall–Kier alpha value is -0.830. The van der Waals surface area contributed by atoms with Crippen molar-refractivity contribution >= 4 is 0 Å². The van der Waals surface area contributed by atoms with Crippen molar-refractivity contribution in [1.82, 2.24) is 9.55 Å². The minimum Gasteiger partial charge on any atom is -0.393 e. The first-order chi connectivity index (χ1) is 4.86. The first-order valence-electron chi connectivity index (χ1n) is 3.52. The topological polar surface area (TPSA) is 38.0 Å². The lowest BCUT2D eigenvalue weighted by Crippen LogP contribution is -2.29. The number of rotatable bonds is 1. The fraction of sp³-hybridized carbons (Fsp3) is 0.571. The van der Waals surface area contributed by atoms with Crippen molar-refractivity contribution in [1.29, 1.82) is 0 Å². The summed E-state index contributed by atoms with van der Waals surface area (Å²) in [6.07, 6.45) is 7.21. The molecule has 1 aliphatic rings. The second-order valence-electron chi connectivity index (χ2n) is 2.79. The minimum absolute atomic E-state index is 0.0765. The van der Waals surface area contributed by atoms with Crippen LogP contribution in [-0.2, 0) is 0 Å². The Morgan fingerprint density at radius 2 is 2.30 bits per heavy atom. The van der Waals surface area contributed by atoms with E-state index in [9.17, 15) is 0 Å². The van der Waals surface area contributed by atoms with Gasteiger partial charge in [-0.1, -0.05) is 0 Å². The summed E-state index contributed by atoms with van der Waals surface area (Å²) in [7, 11) is 0. The van der Waals surface area contributed by atoms with E-state index in [1.165, 1.54) is 0 Å². The zero-order valence-corrected chi connectivity index (χ0v) is 5.64. The van der Waals surface area contributed by atoms with Gasteiger partial charge >= 0.3 is 0 Å². The van der Waals surface area contributed by atoms with Gasteiger partial charge in [0.15, 0.2) is 0 Å². The first-order valence-corrected chi connectivity index (χ1v) is 3.52. The normalized spacial score (nSPS) is 31.7. The summed E-state index contributed by atoms with van der Waals surface area (Å²) in [5.74, 6) is 0. The summed E-state index contributed by atoms with van der Waals surface area (Å²) in [5.41, 5.74) is 0. The molecule has 3 heteroatoms. The number of aromatic nitrogens is 2. The van der Waals surface area contributed by atoms with Gasteiger partial charge in [-0.15, -0.1) is 0 Å². The van der Waals surface area contributed by atoms with Gasteiger partial charge in [-0.3, -0.25) is 0 Å². The zero-order valence-electron chi connectivity index (χ0n) is 5.64. The minimum atomic E-state index is -0.0765. The number of hydrogen-bond acceptors (Lipinski definition) is 2. The van der Waals surface area contributed by atoms with Crippen molar-refractivity contribution in [2.24, 2.45) is 0 Å². The highest BCUT2D eigenvalue weighted by Crippen LogP contribution is 2.31. The molecule has 0 atom stereocenters. The van der Waals surface area contributed by atoms with E-state index in [4.69, 9.17) is 5.11 Å². The first kappa shape index (κ1) is 5.92. The monoisotopic (exact) mass is 138 g/mol. The Labute approximate surface area is 59.3 Å². The third-order valence-corrected chi connectivity index (χ3v) is 2.03. The molecule has 0 saturated heterocycles. The van der Waals surface area contributed by atoms with Crippen LogP contribution in [0.1, 0.15) is 18.9 Å². The van der Waals surface area contributed by atoms with Crippen LogP contribution < -0.4 is 0 Å². The van der Waals surface area contributed by atoms with Crippen LogP contribution >= 0.6 is 0 Å². The van der Waals surface area contributed by atoms with E-state index < -0.39 is 0 Å². The molecule has 1 fully saturated rings. The average molecular weight is 138 g/mol. The molecular weight excluding hydrogens is 128 g/mol. The van der Waals surface area contributed by atoms with E-state index in [2.05, 4.69) is 4.98 Å². The van der Waals surface area contributed by atoms with E-state index in [1.54, 1.807) is 12.5 Å². The van der Waals surface area contributed by atoms with Crippen molar-refractivity contribution in [2.45, 2.75) is 25.0 Å². The predicted octanol–water partition coefficient (Wildman–Crippen LogP) is 0.579. The van der Waals surface area contributed by atoms with E-state index in [1.807, 2.05) is 10.8 Å². The van der Waals surface area contributed by atoms with Crippen molar-refractivity contribution < 1.29 is 5.11 Å². The highest BCUT2D eigenvalue weighted by Gasteiger charge is 2.27. The summed E-state index contributed by atoms with van der Waals surface area (Å²) in [6.45, 7) is 0. The van der Waals surface area contributed by atoms with Crippen molar-refractivity contribution in [2.75, 3.05) is 0 Å². The molecular formula is C7H10N2O. The van der Waals surface area contributed by atoms with E-state index in [0.717, 1.165) is 12.8 Å². The van der Waals surface area contributed by atoms with Gasteiger partial charge in [-0.05, 0) is 12.8 Å². The molecule has 0 radical (unpaired) electrons. The van der Waals surface area contributed by atoms with E-state index >= 15 is 0 Å². The molecule has 1 aromatic heterocycles. The van der Waals surface area contributed by atoms with E-state index in [-0.39, 0.29) is 6.10 Å². The number of aliphatic hydroxyl groups excluding tert-OH is 1. The highest BCUT2D eigenvalue weighted by atomic mass is 16.3. The molecule has 1 saturated carbocycles. The molecule has 1 aliphatic carbocycles. The zero-order chi connectivity index (χ0) is 6.97. The van der Waals surface area contributed by atoms with Gasteiger partial charge in [-0.2, -0.15) is 0 Å². The second kappa shape index (κ2) is 2.09. The third-order valence-electron chi connectivity index (χ3n) is 2.03. The van der Waals surface area contributed by atoms with Gasteiger partial charge in [0.2, 0.25) is 0 Å². The molecule has 3 nitrogen and oxygen atoms in total. The third kappa shape index (κ3) is 0.827. The van der Waals surface area contributed by atoms with Gasteiger partial charge in [0.25, 0.3) is 0 Å². The molecule has 0 aliphatic heterocycles. The predicted molar refractivity (Wildman–Crippen MR) is 36.5 cm³/mol. The summed E-state index contributed by atoms with van der Waals surface area (Å²) in [4.78, 5) is 3.93. The van der Waals surface area contributed by atoms with Crippen LogP contribution in [0.2, 0.25) is 0 Å². The standard InChI is InChI=1S/C7H10N2O/c10-7-3-6(4-7)9-2-1-8-5-9/h1-2,5-7,10H,3-4H2/t6-,7-. The molecule has 0 unspecified atom stereocenters. The second-order valence-corrected chi connectivity index (χ2v) is 2.79. The number of imidazole rings is 1. The smallest absolute Gasteiger partial charge is 0.0948 e. The summed E-state index contributed by atoms with van der Waals surface area (Å²) in [6, 6.07) is 0.498. The number of hydrogen-bond donors (Lipinski definition) is 1. The Bertz CT molecular complexity index is 201. The summed E-state index contributed by atoms with van der Waals surface area (Å²) >= 11 is 0. The Kier molecular flexibility index (Phi) is 1.24. The van der Waals surface area contributed by atoms with Crippen LogP contribution in [-0.4, -0.2) is 20.8 Å². The Balaban J connectivity index is 2.04. The van der Waals surface area contributed by atoms with Gasteiger partial charge < -0.3 is 9.67 Å². The molecule has 0 bridgehead atoms. The van der Waals surface area contributed by atoms with Crippen molar-refractivity contribution in [3.63, 3.8) is 0 Å². The van der Waals surface area contributed by atoms with Crippen LogP contribution in [0.4, 0.5) is 0 Å². The number of nitrogens with zero attached hydrogens (tertiary/aromatic N) is 2. The van der Waals surface area contributed by atoms with Crippen LogP contribution in [0, 0.1) is 0 Å². The van der Waals surface area contributed by atoms with Crippen molar-refractivity contribution in [3.05, 3.63) is 18.7 Å². The maximum atomic E-state index is 8.98. The quantitative estimate of drug-likeness (QED) is 0.616. The molecule has 1 aromatic rings. The van der Waals surface area contributed by atoms with Crippen LogP contribution in [0.3, 0.4) is 0 Å². The van der Waals surface area contributed by atoms with Crippen LogP contribution in [0.5, 0.6) is 0 Å². The SMILES string of the molecule is O[C@H]1C[C@H](n2ccnc2)C1. The fourth-order valence-corrected chi connectivity index (χ4v) is 1.29. The Morgan fingerprint density at radius 3 is 2.80 bits per heavy atom. The summed E-state index contributed by atoms with van der Waals surface area (Å²) < 4.78 is 2.05. The highest BCUT2D eigenvalue weighted by molar-refractivity contribution is 4.88. The van der Waals surface area contributed by atoms with Crippen molar-refractivity contribution in [3.8, 4) is 0 Å². The molecule has 1 heterocycles. The lowest BCUT2D eigenvalue weighted by molar-refractivity contribution is 0.0485. The molecule has 0 amide bonds. The average Bonchev–Trinajstić information content (AvgIpc) is 2.31. The van der Waals surface area contributed by atoms with Gasteiger partial charge in [-0.25, -0.2) is 4.98 Å². The van der Waals surface area contributed by atoms with E-state index in [0.29, 0.717) is 6.04 Å². The maximum Gasteiger partial charge on any atom is 0.0948 e. The largest absolute Gasteiger partial charge is 0.393 e. The molecule has 10 heavy (non-hydrogen) atoms. The van der Waals surface area contributed by atoms with Gasteiger partial charge in [0.05, 0.1) is 12.4 Å². The summed E-state index contributed by atoms with van der Waals surface area (Å²) in [5, 5.41) is 8.98. The van der Waals surface area contributed by atoms with Gasteiger partial charge in [0, 0.05) is 18.4 Å². The van der Waals surface area contributed by atoms with Crippen LogP contribution in [0.15, 0.2) is 18.7 Å².